The summed E-state index contributed by atoms with van der Waals surface area (Å²) in [6.45, 7) is 0. The number of aromatic nitrogens is 2. The number of nitrogen functional groups attached to an aromatic ring is 1. The predicted octanol–water partition coefficient (Wildman–Crippen LogP) is 1.24. The van der Waals surface area contributed by atoms with Crippen molar-refractivity contribution in [1.82, 2.24) is 9.97 Å². The topological polar surface area (TPSA) is 89.1 Å². The Morgan fingerprint density at radius 1 is 1.62 bits per heavy atom. The van der Waals surface area contributed by atoms with Crippen LogP contribution in [-0.4, -0.2) is 27.3 Å². The van der Waals surface area contributed by atoms with Crippen LogP contribution in [0.2, 0.25) is 0 Å². The lowest BCUT2D eigenvalue weighted by atomic mass is 10.4. The van der Waals surface area contributed by atoms with E-state index in [1.165, 1.54) is 11.8 Å². The molecule has 0 amide bonds. The van der Waals surface area contributed by atoms with E-state index in [1.54, 1.807) is 6.26 Å². The van der Waals surface area contributed by atoms with Crippen molar-refractivity contribution in [2.75, 3.05) is 12.0 Å². The second kappa shape index (κ2) is 3.93. The Morgan fingerprint density at radius 2 is 2.23 bits per heavy atom. The highest BCUT2D eigenvalue weighted by molar-refractivity contribution is 9.10. The van der Waals surface area contributed by atoms with Gasteiger partial charge in [0.05, 0.1) is 4.47 Å². The average molecular weight is 264 g/mol. The molecule has 0 radical (unpaired) electrons. The van der Waals surface area contributed by atoms with Crippen LogP contribution in [-0.2, 0) is 0 Å². The van der Waals surface area contributed by atoms with Crippen molar-refractivity contribution in [2.24, 2.45) is 0 Å². The minimum Gasteiger partial charge on any atom is -0.476 e. The highest BCUT2D eigenvalue weighted by atomic mass is 79.9. The van der Waals surface area contributed by atoms with Crippen molar-refractivity contribution >= 4 is 39.6 Å². The second-order valence-corrected chi connectivity index (χ2v) is 3.65. The summed E-state index contributed by atoms with van der Waals surface area (Å²) in [6, 6.07) is 0. The van der Waals surface area contributed by atoms with E-state index in [1.807, 2.05) is 0 Å². The van der Waals surface area contributed by atoms with Gasteiger partial charge < -0.3 is 10.8 Å². The Hall–Kier alpha value is -0.820. The van der Waals surface area contributed by atoms with E-state index in [4.69, 9.17) is 10.8 Å². The summed E-state index contributed by atoms with van der Waals surface area (Å²) in [5, 5.41) is 9.24. The molecule has 7 heteroatoms. The van der Waals surface area contributed by atoms with Crippen molar-refractivity contribution in [2.45, 2.75) is 5.03 Å². The lowest BCUT2D eigenvalue weighted by Gasteiger charge is -2.03. The maximum atomic E-state index is 10.7. The molecule has 13 heavy (non-hydrogen) atoms. The molecular weight excluding hydrogens is 258 g/mol. The first-order chi connectivity index (χ1) is 6.06. The molecule has 70 valence electrons. The molecule has 1 rings (SSSR count). The number of halogens is 1. The lowest BCUT2D eigenvalue weighted by molar-refractivity contribution is 0.0689. The first kappa shape index (κ1) is 10.3. The Bertz CT molecular complexity index is 358. The van der Waals surface area contributed by atoms with E-state index >= 15 is 0 Å². The standard InChI is InChI=1S/C6H6BrN3O2S/c1-13-4-2(7)3(5(11)12)9-6(8)10-4/h1H3,(H,11,12)(H2,8,9,10). The first-order valence-corrected chi connectivity index (χ1v) is 5.18. The van der Waals surface area contributed by atoms with Crippen molar-refractivity contribution in [1.29, 1.82) is 0 Å². The van der Waals surface area contributed by atoms with Gasteiger partial charge in [-0.1, -0.05) is 0 Å². The number of aromatic carboxylic acids is 1. The molecule has 0 saturated heterocycles. The number of hydrogen-bond acceptors (Lipinski definition) is 5. The molecule has 0 aliphatic rings. The molecule has 3 N–H and O–H groups in total. The van der Waals surface area contributed by atoms with Crippen molar-refractivity contribution in [3.63, 3.8) is 0 Å². The van der Waals surface area contributed by atoms with Gasteiger partial charge in [-0.2, -0.15) is 0 Å². The summed E-state index contributed by atoms with van der Waals surface area (Å²) in [5.41, 5.74) is 5.21. The molecule has 0 atom stereocenters. The number of carboxylic acid groups (broad SMARTS) is 1. The van der Waals surface area contributed by atoms with Crippen LogP contribution in [0.3, 0.4) is 0 Å². The molecule has 1 aromatic rings. The summed E-state index contributed by atoms with van der Waals surface area (Å²) in [5.74, 6) is -1.17. The number of thioether (sulfide) groups is 1. The molecule has 0 aliphatic heterocycles. The molecule has 0 spiro atoms. The molecule has 1 aromatic heterocycles. The Balaban J connectivity index is 3.35. The number of nitrogens with zero attached hydrogens (tertiary/aromatic N) is 2. The van der Waals surface area contributed by atoms with E-state index in [0.717, 1.165) is 0 Å². The van der Waals surface area contributed by atoms with E-state index in [2.05, 4.69) is 25.9 Å². The van der Waals surface area contributed by atoms with Crippen LogP contribution in [0.1, 0.15) is 10.5 Å². The molecule has 0 aromatic carbocycles. The zero-order chi connectivity index (χ0) is 10.0. The number of hydrogen-bond donors (Lipinski definition) is 2. The summed E-state index contributed by atoms with van der Waals surface area (Å²) >= 11 is 4.39. The average Bonchev–Trinajstić information content (AvgIpc) is 2.08. The molecule has 1 heterocycles. The summed E-state index contributed by atoms with van der Waals surface area (Å²) in [7, 11) is 0. The highest BCUT2D eigenvalue weighted by Gasteiger charge is 2.15. The van der Waals surface area contributed by atoms with Gasteiger partial charge in [0.1, 0.15) is 5.03 Å². The Kier molecular flexibility index (Phi) is 3.10. The maximum absolute atomic E-state index is 10.7. The van der Waals surface area contributed by atoms with Crippen LogP contribution in [0.25, 0.3) is 0 Å². The van der Waals surface area contributed by atoms with Crippen LogP contribution in [0.15, 0.2) is 9.50 Å². The molecule has 0 saturated carbocycles. The van der Waals surface area contributed by atoms with E-state index < -0.39 is 5.97 Å². The number of rotatable bonds is 2. The van der Waals surface area contributed by atoms with Gasteiger partial charge in [0.15, 0.2) is 5.69 Å². The van der Waals surface area contributed by atoms with Gasteiger partial charge in [0.2, 0.25) is 5.95 Å². The first-order valence-electron chi connectivity index (χ1n) is 3.16. The van der Waals surface area contributed by atoms with E-state index in [9.17, 15) is 4.79 Å². The van der Waals surface area contributed by atoms with E-state index in [-0.39, 0.29) is 11.6 Å². The van der Waals surface area contributed by atoms with E-state index in [0.29, 0.717) is 9.50 Å². The number of nitrogens with two attached hydrogens (primary N) is 1. The van der Waals surface area contributed by atoms with Crippen molar-refractivity contribution in [3.8, 4) is 0 Å². The Labute approximate surface area is 86.9 Å². The predicted molar refractivity (Wildman–Crippen MR) is 52.9 cm³/mol. The van der Waals surface area contributed by atoms with Crippen LogP contribution in [0.4, 0.5) is 5.95 Å². The van der Waals surface area contributed by atoms with Crippen LogP contribution in [0.5, 0.6) is 0 Å². The third-order valence-corrected chi connectivity index (χ3v) is 2.93. The van der Waals surface area contributed by atoms with Crippen LogP contribution >= 0.6 is 27.7 Å². The molecule has 0 unspecified atom stereocenters. The normalized spacial score (nSPS) is 10.0. The van der Waals surface area contributed by atoms with Crippen LogP contribution < -0.4 is 5.73 Å². The maximum Gasteiger partial charge on any atom is 0.355 e. The largest absolute Gasteiger partial charge is 0.476 e. The SMILES string of the molecule is CSc1nc(N)nc(C(=O)O)c1Br. The minimum absolute atomic E-state index is 0.0371. The van der Waals surface area contributed by atoms with Gasteiger partial charge in [-0.3, -0.25) is 0 Å². The van der Waals surface area contributed by atoms with Gasteiger partial charge >= 0.3 is 5.97 Å². The summed E-state index contributed by atoms with van der Waals surface area (Å²) < 4.78 is 0.363. The summed E-state index contributed by atoms with van der Waals surface area (Å²) in [4.78, 5) is 18.1. The molecule has 5 nitrogen and oxygen atoms in total. The third kappa shape index (κ3) is 2.10. The monoisotopic (exact) mass is 263 g/mol. The fraction of sp³-hybridized carbons (Fsp3) is 0.167. The lowest BCUT2D eigenvalue weighted by Crippen LogP contribution is -2.07. The zero-order valence-electron chi connectivity index (χ0n) is 6.61. The molecule has 0 aliphatic carbocycles. The van der Waals surface area contributed by atoms with Crippen molar-refractivity contribution < 1.29 is 9.90 Å². The number of anilines is 1. The third-order valence-electron chi connectivity index (χ3n) is 1.23. The smallest absolute Gasteiger partial charge is 0.355 e. The number of carboxylic acids is 1. The fourth-order valence-corrected chi connectivity index (χ4v) is 2.01. The molecule has 0 bridgehead atoms. The van der Waals surface area contributed by atoms with Gasteiger partial charge in [0, 0.05) is 0 Å². The van der Waals surface area contributed by atoms with Gasteiger partial charge in [-0.15, -0.1) is 11.8 Å². The minimum atomic E-state index is -1.13. The van der Waals surface area contributed by atoms with Gasteiger partial charge in [-0.25, -0.2) is 14.8 Å². The van der Waals surface area contributed by atoms with Crippen LogP contribution in [0, 0.1) is 0 Å². The quantitative estimate of drug-likeness (QED) is 0.617. The highest BCUT2D eigenvalue weighted by Crippen LogP contribution is 2.26. The Morgan fingerprint density at radius 3 is 2.69 bits per heavy atom. The van der Waals surface area contributed by atoms with Gasteiger partial charge in [-0.05, 0) is 22.2 Å². The van der Waals surface area contributed by atoms with Crippen molar-refractivity contribution in [3.05, 3.63) is 10.2 Å². The summed E-state index contributed by atoms with van der Waals surface area (Å²) in [6.07, 6.45) is 1.78. The van der Waals surface area contributed by atoms with Gasteiger partial charge in [0.25, 0.3) is 0 Å². The molecular formula is C6H6BrN3O2S. The molecule has 0 fully saturated rings. The zero-order valence-corrected chi connectivity index (χ0v) is 9.02. The second-order valence-electron chi connectivity index (χ2n) is 2.06. The number of carbonyl (C=O) groups is 1. The fourth-order valence-electron chi connectivity index (χ4n) is 0.720.